The predicted molar refractivity (Wildman–Crippen MR) is 99.1 cm³/mol. The standard InChI is InChI=1S/C17H18ClNO4S2/c1-17(2,3)19-25(22,23)15-9-8-11(18)10-14(15)24-13-7-5-4-6-12(13)16(20)21/h4-10,19H,1-3H3,(H,20,21). The summed E-state index contributed by atoms with van der Waals surface area (Å²) in [6.45, 7) is 5.23. The van der Waals surface area contributed by atoms with Crippen LogP contribution in [-0.2, 0) is 10.0 Å². The highest BCUT2D eigenvalue weighted by Crippen LogP contribution is 2.36. The fraction of sp³-hybridized carbons (Fsp3) is 0.235. The van der Waals surface area contributed by atoms with E-state index in [1.165, 1.54) is 24.3 Å². The zero-order chi connectivity index (χ0) is 18.8. The molecule has 2 aromatic carbocycles. The molecule has 0 unspecified atom stereocenters. The Morgan fingerprint density at radius 1 is 1.12 bits per heavy atom. The Morgan fingerprint density at radius 2 is 1.76 bits per heavy atom. The SMILES string of the molecule is CC(C)(C)NS(=O)(=O)c1ccc(Cl)cc1Sc1ccccc1C(=O)O. The molecule has 2 rings (SSSR count). The molecule has 5 nitrogen and oxygen atoms in total. The average molecular weight is 400 g/mol. The second kappa shape index (κ2) is 7.37. The van der Waals surface area contributed by atoms with E-state index in [4.69, 9.17) is 11.6 Å². The van der Waals surface area contributed by atoms with Gasteiger partial charge in [0.05, 0.1) is 10.5 Å². The van der Waals surface area contributed by atoms with Crippen LogP contribution in [0.15, 0.2) is 57.2 Å². The highest BCUT2D eigenvalue weighted by Gasteiger charge is 2.25. The highest BCUT2D eigenvalue weighted by atomic mass is 35.5. The first kappa shape index (κ1) is 19.8. The van der Waals surface area contributed by atoms with Crippen molar-refractivity contribution in [2.75, 3.05) is 0 Å². The number of hydrogen-bond acceptors (Lipinski definition) is 4. The average Bonchev–Trinajstić information content (AvgIpc) is 2.44. The maximum Gasteiger partial charge on any atom is 0.336 e. The maximum atomic E-state index is 12.7. The number of carboxylic acids is 1. The van der Waals surface area contributed by atoms with Crippen LogP contribution in [0.2, 0.25) is 5.02 Å². The summed E-state index contributed by atoms with van der Waals surface area (Å²) in [5.41, 5.74) is -0.557. The van der Waals surface area contributed by atoms with Crippen LogP contribution >= 0.6 is 23.4 Å². The summed E-state index contributed by atoms with van der Waals surface area (Å²) < 4.78 is 28.0. The van der Waals surface area contributed by atoms with E-state index in [0.717, 1.165) is 11.8 Å². The fourth-order valence-electron chi connectivity index (χ4n) is 2.09. The first-order valence-corrected chi connectivity index (χ1v) is 10.0. The summed E-state index contributed by atoms with van der Waals surface area (Å²) in [4.78, 5) is 12.2. The van der Waals surface area contributed by atoms with Crippen LogP contribution in [0.25, 0.3) is 0 Å². The van der Waals surface area contributed by atoms with Gasteiger partial charge in [-0.25, -0.2) is 17.9 Å². The van der Waals surface area contributed by atoms with E-state index in [1.54, 1.807) is 39.0 Å². The molecule has 25 heavy (non-hydrogen) atoms. The second-order valence-electron chi connectivity index (χ2n) is 6.35. The Bertz CT molecular complexity index is 905. The minimum atomic E-state index is -3.80. The molecule has 0 aliphatic rings. The zero-order valence-electron chi connectivity index (χ0n) is 13.9. The number of aromatic carboxylic acids is 1. The number of carboxylic acid groups (broad SMARTS) is 1. The molecule has 0 atom stereocenters. The van der Waals surface area contributed by atoms with E-state index in [2.05, 4.69) is 4.72 Å². The number of carbonyl (C=O) groups is 1. The van der Waals surface area contributed by atoms with Crippen molar-refractivity contribution in [3.63, 3.8) is 0 Å². The van der Waals surface area contributed by atoms with E-state index < -0.39 is 21.5 Å². The lowest BCUT2D eigenvalue weighted by Crippen LogP contribution is -2.40. The van der Waals surface area contributed by atoms with Crippen molar-refractivity contribution in [3.8, 4) is 0 Å². The van der Waals surface area contributed by atoms with Gasteiger partial charge in [0.2, 0.25) is 10.0 Å². The van der Waals surface area contributed by atoms with Crippen molar-refractivity contribution in [2.45, 2.75) is 41.0 Å². The van der Waals surface area contributed by atoms with Gasteiger partial charge in [-0.15, -0.1) is 0 Å². The molecule has 0 saturated heterocycles. The lowest BCUT2D eigenvalue weighted by Gasteiger charge is -2.21. The smallest absolute Gasteiger partial charge is 0.336 e. The third-order valence-corrected chi connectivity index (χ3v) is 6.29. The highest BCUT2D eigenvalue weighted by molar-refractivity contribution is 8.00. The molecule has 0 aliphatic heterocycles. The number of halogens is 1. The fourth-order valence-corrected chi connectivity index (χ4v) is 5.27. The van der Waals surface area contributed by atoms with Crippen LogP contribution in [0.3, 0.4) is 0 Å². The predicted octanol–water partition coefficient (Wildman–Crippen LogP) is 4.27. The summed E-state index contributed by atoms with van der Waals surface area (Å²) in [5.74, 6) is -1.08. The molecule has 0 amide bonds. The van der Waals surface area contributed by atoms with Gasteiger partial charge in [0, 0.05) is 20.4 Å². The number of rotatable bonds is 5. The van der Waals surface area contributed by atoms with Crippen molar-refractivity contribution in [3.05, 3.63) is 53.1 Å². The maximum absolute atomic E-state index is 12.7. The Kier molecular flexibility index (Phi) is 5.83. The van der Waals surface area contributed by atoms with Crippen LogP contribution in [-0.4, -0.2) is 25.0 Å². The first-order valence-electron chi connectivity index (χ1n) is 7.33. The van der Waals surface area contributed by atoms with E-state index >= 15 is 0 Å². The lowest BCUT2D eigenvalue weighted by atomic mass is 10.1. The summed E-state index contributed by atoms with van der Waals surface area (Å²) in [6, 6.07) is 10.8. The molecule has 2 N–H and O–H groups in total. The molecule has 0 aromatic heterocycles. The Morgan fingerprint density at radius 3 is 2.36 bits per heavy atom. The summed E-state index contributed by atoms with van der Waals surface area (Å²) in [5, 5.41) is 9.68. The molecule has 8 heteroatoms. The Hall–Kier alpha value is -1.54. The molecule has 2 aromatic rings. The molecule has 134 valence electrons. The largest absolute Gasteiger partial charge is 0.478 e. The molecule has 0 radical (unpaired) electrons. The molecule has 0 spiro atoms. The number of hydrogen-bond donors (Lipinski definition) is 2. The van der Waals surface area contributed by atoms with Crippen LogP contribution < -0.4 is 4.72 Å². The Balaban J connectivity index is 2.53. The van der Waals surface area contributed by atoms with Gasteiger partial charge >= 0.3 is 5.97 Å². The van der Waals surface area contributed by atoms with Gasteiger partial charge in [0.25, 0.3) is 0 Å². The van der Waals surface area contributed by atoms with Gasteiger partial charge in [-0.3, -0.25) is 0 Å². The van der Waals surface area contributed by atoms with Gasteiger partial charge in [0.15, 0.2) is 0 Å². The van der Waals surface area contributed by atoms with Gasteiger partial charge in [-0.1, -0.05) is 35.5 Å². The summed E-state index contributed by atoms with van der Waals surface area (Å²) in [7, 11) is -3.80. The molecule has 0 fully saturated rings. The Labute approximate surface area is 156 Å². The molecule has 0 saturated carbocycles. The zero-order valence-corrected chi connectivity index (χ0v) is 16.3. The van der Waals surface area contributed by atoms with Crippen molar-refractivity contribution < 1.29 is 18.3 Å². The molecular formula is C17H18ClNO4S2. The normalized spacial score (nSPS) is 12.2. The topological polar surface area (TPSA) is 83.5 Å². The molecule has 0 heterocycles. The monoisotopic (exact) mass is 399 g/mol. The second-order valence-corrected chi connectivity index (χ2v) is 9.52. The van der Waals surface area contributed by atoms with Gasteiger partial charge in [-0.2, -0.15) is 0 Å². The quantitative estimate of drug-likeness (QED) is 0.784. The lowest BCUT2D eigenvalue weighted by molar-refractivity contribution is 0.0693. The number of nitrogens with one attached hydrogen (secondary N) is 1. The van der Waals surface area contributed by atoms with E-state index in [9.17, 15) is 18.3 Å². The van der Waals surface area contributed by atoms with Crippen LogP contribution in [0.5, 0.6) is 0 Å². The summed E-state index contributed by atoms with van der Waals surface area (Å²) in [6.07, 6.45) is 0. The van der Waals surface area contributed by atoms with E-state index in [1.807, 2.05) is 0 Å². The summed E-state index contributed by atoms with van der Waals surface area (Å²) >= 11 is 7.08. The number of sulfonamides is 1. The van der Waals surface area contributed by atoms with Crippen LogP contribution in [0.4, 0.5) is 0 Å². The number of benzene rings is 2. The van der Waals surface area contributed by atoms with Crippen LogP contribution in [0.1, 0.15) is 31.1 Å². The van der Waals surface area contributed by atoms with Crippen LogP contribution in [0, 0.1) is 0 Å². The van der Waals surface area contributed by atoms with Crippen molar-refractivity contribution >= 4 is 39.4 Å². The minimum absolute atomic E-state index is 0.0528. The van der Waals surface area contributed by atoms with E-state index in [-0.39, 0.29) is 10.5 Å². The van der Waals surface area contributed by atoms with E-state index in [0.29, 0.717) is 14.8 Å². The van der Waals surface area contributed by atoms with Crippen molar-refractivity contribution in [1.29, 1.82) is 0 Å². The first-order chi connectivity index (χ1) is 11.5. The molecule has 0 aliphatic carbocycles. The molecular weight excluding hydrogens is 382 g/mol. The third kappa shape index (κ3) is 5.22. The minimum Gasteiger partial charge on any atom is -0.478 e. The molecule has 0 bridgehead atoms. The third-order valence-electron chi connectivity index (χ3n) is 2.97. The van der Waals surface area contributed by atoms with Crippen molar-refractivity contribution in [1.82, 2.24) is 4.72 Å². The van der Waals surface area contributed by atoms with Gasteiger partial charge < -0.3 is 5.11 Å². The van der Waals surface area contributed by atoms with Gasteiger partial charge in [-0.05, 0) is 51.1 Å². The van der Waals surface area contributed by atoms with Gasteiger partial charge in [0.1, 0.15) is 0 Å². The van der Waals surface area contributed by atoms with Crippen molar-refractivity contribution in [2.24, 2.45) is 0 Å².